The third-order valence-corrected chi connectivity index (χ3v) is 4.92. The van der Waals surface area contributed by atoms with Crippen LogP contribution in [-0.4, -0.2) is 45.1 Å². The maximum absolute atomic E-state index is 13.4. The van der Waals surface area contributed by atoms with Gasteiger partial charge in [0, 0.05) is 35.9 Å². The Bertz CT molecular complexity index is 1190. The van der Waals surface area contributed by atoms with E-state index in [2.05, 4.69) is 16.0 Å². The number of hydrogen-bond donors (Lipinski definition) is 5. The Morgan fingerprint density at radius 2 is 1.71 bits per heavy atom. The number of carbonyl (C=O) groups is 3. The number of nitrogens with one attached hydrogen (secondary N) is 2. The molecule has 0 fully saturated rings. The minimum Gasteiger partial charge on any atom is -0.550 e. The number of carbonyl (C=O) groups excluding carboxylic acids is 2. The van der Waals surface area contributed by atoms with Crippen LogP contribution in [0.1, 0.15) is 23.6 Å². The van der Waals surface area contributed by atoms with E-state index in [1.807, 2.05) is 0 Å². The monoisotopic (exact) mass is 495 g/mol. The predicted molar refractivity (Wildman–Crippen MR) is 116 cm³/mol. The molecule has 0 aliphatic rings. The summed E-state index contributed by atoms with van der Waals surface area (Å²) in [6.07, 6.45) is -3.30. The van der Waals surface area contributed by atoms with Crippen molar-refractivity contribution >= 4 is 28.7 Å². The first kappa shape index (κ1) is 27.2. The average molecular weight is 495 g/mol. The summed E-state index contributed by atoms with van der Waals surface area (Å²) in [7, 11) is 0. The summed E-state index contributed by atoms with van der Waals surface area (Å²) in [5.74, 6) is -3.01. The van der Waals surface area contributed by atoms with Crippen molar-refractivity contribution in [1.29, 1.82) is 0 Å². The number of H-pyrrole nitrogens is 1. The van der Waals surface area contributed by atoms with E-state index < -0.39 is 41.7 Å². The lowest BCUT2D eigenvalue weighted by Gasteiger charge is -2.17. The summed E-state index contributed by atoms with van der Waals surface area (Å²) in [6, 6.07) is 7.36. The second-order valence-electron chi connectivity index (χ2n) is 7.70. The Labute approximate surface area is 197 Å². The number of benzene rings is 2. The van der Waals surface area contributed by atoms with Gasteiger partial charge < -0.3 is 36.1 Å². The van der Waals surface area contributed by atoms with E-state index in [4.69, 9.17) is 9.90 Å². The molecule has 0 radical (unpaired) electrons. The number of rotatable bonds is 7. The van der Waals surface area contributed by atoms with Crippen LogP contribution in [0.3, 0.4) is 0 Å². The SMILES string of the molecule is CC(=O)[O-].[NH3+][C@@H](Cc1c[nH]c2cccc(C(F)(F)F)c12)C(=O)N[C@@H](Cc1ccc(O)cc1)C(=O)O. The van der Waals surface area contributed by atoms with E-state index >= 15 is 0 Å². The van der Waals surface area contributed by atoms with E-state index in [1.165, 1.54) is 42.6 Å². The number of aromatic hydroxyl groups is 1. The van der Waals surface area contributed by atoms with E-state index in [-0.39, 0.29) is 35.1 Å². The van der Waals surface area contributed by atoms with E-state index in [0.717, 1.165) is 13.0 Å². The van der Waals surface area contributed by atoms with E-state index in [9.17, 15) is 33.0 Å². The van der Waals surface area contributed by atoms with Crippen LogP contribution < -0.4 is 16.2 Å². The fourth-order valence-electron chi connectivity index (χ4n) is 3.37. The molecule has 3 aromatic rings. The summed E-state index contributed by atoms with van der Waals surface area (Å²) in [4.78, 5) is 35.8. The Kier molecular flexibility index (Phi) is 8.84. The molecule has 0 aliphatic carbocycles. The van der Waals surface area contributed by atoms with Crippen LogP contribution in [0.4, 0.5) is 13.2 Å². The number of carboxylic acid groups (broad SMARTS) is 2. The molecule has 0 saturated carbocycles. The average Bonchev–Trinajstić information content (AvgIpc) is 3.16. The largest absolute Gasteiger partial charge is 0.550 e. The number of quaternary nitrogens is 1. The number of amides is 1. The molecule has 0 spiro atoms. The zero-order chi connectivity index (χ0) is 26.3. The first-order valence-electron chi connectivity index (χ1n) is 10.3. The predicted octanol–water partition coefficient (Wildman–Crippen LogP) is 0.614. The second kappa shape index (κ2) is 11.4. The number of halogens is 3. The molecule has 0 unspecified atom stereocenters. The molecule has 1 heterocycles. The molecule has 0 bridgehead atoms. The lowest BCUT2D eigenvalue weighted by molar-refractivity contribution is -0.403. The zero-order valence-electron chi connectivity index (χ0n) is 18.6. The summed E-state index contributed by atoms with van der Waals surface area (Å²) in [5, 5.41) is 30.0. The maximum atomic E-state index is 13.4. The molecular weight excluding hydrogens is 471 g/mol. The van der Waals surface area contributed by atoms with Crippen LogP contribution in [0, 0.1) is 0 Å². The zero-order valence-corrected chi connectivity index (χ0v) is 18.6. The van der Waals surface area contributed by atoms with Gasteiger partial charge in [-0.15, -0.1) is 0 Å². The Balaban J connectivity index is 0.00000100. The van der Waals surface area contributed by atoms with Crippen molar-refractivity contribution in [2.45, 2.75) is 38.0 Å². The summed E-state index contributed by atoms with van der Waals surface area (Å²) in [6.45, 7) is 0.972. The number of alkyl halides is 3. The van der Waals surface area contributed by atoms with Gasteiger partial charge in [-0.05, 0) is 42.3 Å². The van der Waals surface area contributed by atoms with Gasteiger partial charge in [-0.1, -0.05) is 18.2 Å². The second-order valence-corrected chi connectivity index (χ2v) is 7.70. The van der Waals surface area contributed by atoms with Gasteiger partial charge in [0.25, 0.3) is 5.91 Å². The van der Waals surface area contributed by atoms with Crippen LogP contribution >= 0.6 is 0 Å². The van der Waals surface area contributed by atoms with Gasteiger partial charge >= 0.3 is 12.1 Å². The number of aromatic amines is 1. The number of phenols is 1. The summed E-state index contributed by atoms with van der Waals surface area (Å²) < 4.78 is 40.1. The topological polar surface area (TPSA) is 170 Å². The molecular formula is C23H24F3N3O6. The number of hydrogen-bond acceptors (Lipinski definition) is 5. The normalized spacial score (nSPS) is 12.8. The van der Waals surface area contributed by atoms with Crippen LogP contribution in [0.5, 0.6) is 5.75 Å². The molecule has 1 amide bonds. The van der Waals surface area contributed by atoms with Crippen LogP contribution in [0.15, 0.2) is 48.7 Å². The third-order valence-electron chi connectivity index (χ3n) is 4.92. The first-order chi connectivity index (χ1) is 16.3. The molecule has 12 heteroatoms. The van der Waals surface area contributed by atoms with Gasteiger partial charge in [-0.2, -0.15) is 13.2 Å². The quantitative estimate of drug-likeness (QED) is 0.322. The van der Waals surface area contributed by atoms with E-state index in [0.29, 0.717) is 5.56 Å². The minimum atomic E-state index is -4.56. The Morgan fingerprint density at radius 1 is 1.11 bits per heavy atom. The Morgan fingerprint density at radius 3 is 2.26 bits per heavy atom. The molecule has 188 valence electrons. The van der Waals surface area contributed by atoms with Crippen LogP contribution in [0.25, 0.3) is 10.9 Å². The molecule has 2 aromatic carbocycles. The van der Waals surface area contributed by atoms with Crippen molar-refractivity contribution in [1.82, 2.24) is 10.3 Å². The highest BCUT2D eigenvalue weighted by Crippen LogP contribution is 2.36. The van der Waals surface area contributed by atoms with Crippen molar-refractivity contribution in [2.24, 2.45) is 0 Å². The van der Waals surface area contributed by atoms with Crippen molar-refractivity contribution in [3.63, 3.8) is 0 Å². The number of phenolic OH excluding ortho intramolecular Hbond substituents is 1. The fraction of sp³-hybridized carbons (Fsp3) is 0.261. The fourth-order valence-corrected chi connectivity index (χ4v) is 3.37. The van der Waals surface area contributed by atoms with Gasteiger partial charge in [0.1, 0.15) is 11.8 Å². The highest BCUT2D eigenvalue weighted by molar-refractivity contribution is 5.89. The molecule has 0 saturated heterocycles. The Hall–Kier alpha value is -4.06. The van der Waals surface area contributed by atoms with Gasteiger partial charge in [-0.3, -0.25) is 4.79 Å². The van der Waals surface area contributed by atoms with Crippen LogP contribution in [-0.2, 0) is 33.4 Å². The summed E-state index contributed by atoms with van der Waals surface area (Å²) >= 11 is 0. The lowest BCUT2D eigenvalue weighted by Crippen LogP contribution is -2.69. The molecule has 2 atom stereocenters. The minimum absolute atomic E-state index is 0.0226. The van der Waals surface area contributed by atoms with Crippen molar-refractivity contribution in [3.8, 4) is 5.75 Å². The summed E-state index contributed by atoms with van der Waals surface area (Å²) in [5.41, 5.74) is 4.03. The molecule has 9 nitrogen and oxygen atoms in total. The maximum Gasteiger partial charge on any atom is 0.417 e. The molecule has 1 aromatic heterocycles. The first-order valence-corrected chi connectivity index (χ1v) is 10.3. The van der Waals surface area contributed by atoms with Gasteiger partial charge in [0.2, 0.25) is 0 Å². The van der Waals surface area contributed by atoms with Crippen molar-refractivity contribution in [3.05, 3.63) is 65.4 Å². The number of fused-ring (bicyclic) bond motifs is 1. The molecule has 0 aliphatic heterocycles. The highest BCUT2D eigenvalue weighted by atomic mass is 19.4. The standard InChI is InChI=1S/C21H20F3N3O4.C2H4O2/c22-21(23,24)14-2-1-3-16-18(14)12(10-26-16)9-15(25)19(29)27-17(20(30)31)8-11-4-6-13(28)7-5-11;1-2(3)4/h1-7,10,15,17,26,28H,8-9,25H2,(H,27,29)(H,30,31);1H3,(H,3,4)/t15-,17-;/m0./s1. The van der Waals surface area contributed by atoms with Gasteiger partial charge in [0.05, 0.1) is 5.56 Å². The third kappa shape index (κ3) is 7.74. The smallest absolute Gasteiger partial charge is 0.417 e. The molecule has 35 heavy (non-hydrogen) atoms. The number of carboxylic acids is 2. The lowest BCUT2D eigenvalue weighted by atomic mass is 10.00. The van der Waals surface area contributed by atoms with Crippen LogP contribution in [0.2, 0.25) is 0 Å². The molecule has 7 N–H and O–H groups in total. The van der Waals surface area contributed by atoms with Gasteiger partial charge in [-0.25, -0.2) is 4.79 Å². The van der Waals surface area contributed by atoms with Crippen molar-refractivity contribution in [2.75, 3.05) is 0 Å². The highest BCUT2D eigenvalue weighted by Gasteiger charge is 2.34. The number of aliphatic carboxylic acids is 2. The number of aromatic nitrogens is 1. The van der Waals surface area contributed by atoms with Gasteiger partial charge in [0.15, 0.2) is 6.04 Å². The van der Waals surface area contributed by atoms with E-state index in [1.54, 1.807) is 0 Å². The molecule has 3 rings (SSSR count). The van der Waals surface area contributed by atoms with Crippen molar-refractivity contribution < 1.29 is 48.6 Å².